The van der Waals surface area contributed by atoms with Crippen LogP contribution >= 0.6 is 10.7 Å². The summed E-state index contributed by atoms with van der Waals surface area (Å²) in [5.41, 5.74) is 0.872. The van der Waals surface area contributed by atoms with Gasteiger partial charge in [0.15, 0.2) is 0 Å². The lowest BCUT2D eigenvalue weighted by molar-refractivity contribution is 0.0891. The Morgan fingerprint density at radius 2 is 1.89 bits per heavy atom. The van der Waals surface area contributed by atoms with E-state index in [4.69, 9.17) is 10.7 Å². The van der Waals surface area contributed by atoms with E-state index in [2.05, 4.69) is 0 Å². The molecule has 4 nitrogen and oxygen atoms in total. The van der Waals surface area contributed by atoms with Gasteiger partial charge in [0, 0.05) is 16.2 Å². The van der Waals surface area contributed by atoms with Crippen LogP contribution in [0.2, 0.25) is 0 Å². The van der Waals surface area contributed by atoms with Gasteiger partial charge in [-0.1, -0.05) is 6.07 Å². The van der Waals surface area contributed by atoms with Gasteiger partial charge >= 0.3 is 0 Å². The fourth-order valence-corrected chi connectivity index (χ4v) is 2.81. The van der Waals surface area contributed by atoms with Crippen LogP contribution in [0.25, 0.3) is 0 Å². The molecule has 0 aliphatic rings. The maximum absolute atomic E-state index is 12.0. The second-order valence-electron chi connectivity index (χ2n) is 3.97. The van der Waals surface area contributed by atoms with E-state index in [9.17, 15) is 22.0 Å². The van der Waals surface area contributed by atoms with Crippen molar-refractivity contribution >= 4 is 25.6 Å². The van der Waals surface area contributed by atoms with Crippen molar-refractivity contribution in [3.8, 4) is 0 Å². The van der Waals surface area contributed by atoms with E-state index in [0.29, 0.717) is 11.1 Å². The molecule has 0 aliphatic heterocycles. The third kappa shape index (κ3) is 4.14. The van der Waals surface area contributed by atoms with Crippen LogP contribution in [-0.2, 0) is 9.05 Å². The summed E-state index contributed by atoms with van der Waals surface area (Å²) >= 11 is 0. The standard InChI is InChI=1S/C11H12ClF2NO3S/c1-6-3-7(2)9(19(12,17)18)4-8(6)11(16)15-5-10(13)14/h3-4,10H,5H2,1-2H3,(H,15,16). The molecule has 106 valence electrons. The van der Waals surface area contributed by atoms with Crippen molar-refractivity contribution < 1.29 is 22.0 Å². The summed E-state index contributed by atoms with van der Waals surface area (Å²) in [6.45, 7) is 2.31. The van der Waals surface area contributed by atoms with Crippen molar-refractivity contribution in [1.29, 1.82) is 0 Å². The average Bonchev–Trinajstić information content (AvgIpc) is 2.24. The van der Waals surface area contributed by atoms with Crippen molar-refractivity contribution in [2.24, 2.45) is 0 Å². The maximum atomic E-state index is 12.0. The number of halogens is 3. The van der Waals surface area contributed by atoms with E-state index in [1.54, 1.807) is 6.92 Å². The van der Waals surface area contributed by atoms with E-state index in [-0.39, 0.29) is 10.5 Å². The first-order valence-electron chi connectivity index (χ1n) is 5.25. The lowest BCUT2D eigenvalue weighted by Crippen LogP contribution is -2.29. The minimum absolute atomic E-state index is 0.00507. The highest BCUT2D eigenvalue weighted by Gasteiger charge is 2.19. The third-order valence-electron chi connectivity index (χ3n) is 2.45. The van der Waals surface area contributed by atoms with Gasteiger partial charge in [-0.25, -0.2) is 17.2 Å². The number of aryl methyl sites for hydroxylation is 2. The second kappa shape index (κ2) is 5.83. The third-order valence-corrected chi connectivity index (χ3v) is 3.91. The van der Waals surface area contributed by atoms with Gasteiger partial charge in [0.25, 0.3) is 21.4 Å². The summed E-state index contributed by atoms with van der Waals surface area (Å²) in [4.78, 5) is 11.5. The predicted octanol–water partition coefficient (Wildman–Crippen LogP) is 2.23. The normalized spacial score (nSPS) is 11.7. The van der Waals surface area contributed by atoms with Gasteiger partial charge < -0.3 is 5.32 Å². The van der Waals surface area contributed by atoms with Gasteiger partial charge in [-0.3, -0.25) is 4.79 Å². The van der Waals surface area contributed by atoms with Crippen molar-refractivity contribution in [3.05, 3.63) is 28.8 Å². The largest absolute Gasteiger partial charge is 0.346 e. The Balaban J connectivity index is 3.19. The molecule has 19 heavy (non-hydrogen) atoms. The highest BCUT2D eigenvalue weighted by Crippen LogP contribution is 2.23. The Labute approximate surface area is 114 Å². The van der Waals surface area contributed by atoms with Gasteiger partial charge in [-0.05, 0) is 31.0 Å². The topological polar surface area (TPSA) is 63.2 Å². The van der Waals surface area contributed by atoms with Crippen LogP contribution in [0, 0.1) is 13.8 Å². The molecule has 0 spiro atoms. The molecule has 0 aromatic heterocycles. The van der Waals surface area contributed by atoms with Crippen LogP contribution in [0.5, 0.6) is 0 Å². The first kappa shape index (κ1) is 15.8. The number of nitrogens with one attached hydrogen (secondary N) is 1. The van der Waals surface area contributed by atoms with Gasteiger partial charge in [0.1, 0.15) is 0 Å². The number of benzene rings is 1. The maximum Gasteiger partial charge on any atom is 0.261 e. The minimum Gasteiger partial charge on any atom is -0.346 e. The van der Waals surface area contributed by atoms with Gasteiger partial charge in [-0.15, -0.1) is 0 Å². The molecule has 0 radical (unpaired) electrons. The monoisotopic (exact) mass is 311 g/mol. The molecule has 0 saturated carbocycles. The van der Waals surface area contributed by atoms with Gasteiger partial charge in [0.05, 0.1) is 11.4 Å². The zero-order valence-corrected chi connectivity index (χ0v) is 11.8. The first-order chi connectivity index (χ1) is 8.62. The summed E-state index contributed by atoms with van der Waals surface area (Å²) in [7, 11) is 1.25. The Hall–Kier alpha value is -1.21. The lowest BCUT2D eigenvalue weighted by Gasteiger charge is -2.10. The Bertz CT molecular complexity index is 602. The van der Waals surface area contributed by atoms with Gasteiger partial charge in [-0.2, -0.15) is 0 Å². The lowest BCUT2D eigenvalue weighted by atomic mass is 10.1. The fourth-order valence-electron chi connectivity index (χ4n) is 1.60. The van der Waals surface area contributed by atoms with Crippen LogP contribution < -0.4 is 5.32 Å². The summed E-state index contributed by atoms with van der Waals surface area (Å²) in [6, 6.07) is 2.56. The van der Waals surface area contributed by atoms with Crippen molar-refractivity contribution in [1.82, 2.24) is 5.32 Å². The van der Waals surface area contributed by atoms with Crippen molar-refractivity contribution in [2.45, 2.75) is 25.2 Å². The minimum atomic E-state index is -3.99. The zero-order valence-electron chi connectivity index (χ0n) is 10.2. The zero-order chi connectivity index (χ0) is 14.8. The number of rotatable bonds is 4. The van der Waals surface area contributed by atoms with E-state index in [1.165, 1.54) is 13.0 Å². The molecule has 8 heteroatoms. The van der Waals surface area contributed by atoms with Gasteiger partial charge in [0.2, 0.25) is 0 Å². The van der Waals surface area contributed by atoms with Crippen LogP contribution in [0.15, 0.2) is 17.0 Å². The first-order valence-corrected chi connectivity index (χ1v) is 7.56. The number of amides is 1. The average molecular weight is 312 g/mol. The molecule has 1 aromatic carbocycles. The molecule has 0 saturated heterocycles. The molecule has 1 amide bonds. The molecule has 1 N–H and O–H groups in total. The quantitative estimate of drug-likeness (QED) is 0.867. The molecule has 0 unspecified atom stereocenters. The van der Waals surface area contributed by atoms with Crippen LogP contribution in [0.4, 0.5) is 8.78 Å². The molecule has 0 bridgehead atoms. The Kier molecular flexibility index (Phi) is 4.86. The number of hydrogen-bond donors (Lipinski definition) is 1. The summed E-state index contributed by atoms with van der Waals surface area (Å²) in [5, 5.41) is 2.01. The molecule has 0 aliphatic carbocycles. The van der Waals surface area contributed by atoms with Crippen LogP contribution in [-0.4, -0.2) is 27.3 Å². The van der Waals surface area contributed by atoms with E-state index < -0.39 is 27.9 Å². The van der Waals surface area contributed by atoms with E-state index in [1.807, 2.05) is 5.32 Å². The molecular weight excluding hydrogens is 300 g/mol. The molecule has 0 fully saturated rings. The summed E-state index contributed by atoms with van der Waals surface area (Å²) in [6.07, 6.45) is -2.68. The van der Waals surface area contributed by atoms with Crippen molar-refractivity contribution in [2.75, 3.05) is 6.54 Å². The molecule has 0 atom stereocenters. The molecule has 1 aromatic rings. The molecule has 0 heterocycles. The summed E-state index contributed by atoms with van der Waals surface area (Å²) < 4.78 is 46.7. The van der Waals surface area contributed by atoms with Crippen LogP contribution in [0.3, 0.4) is 0 Å². The second-order valence-corrected chi connectivity index (χ2v) is 6.51. The fraction of sp³-hybridized carbons (Fsp3) is 0.364. The Morgan fingerprint density at radius 1 is 1.32 bits per heavy atom. The van der Waals surface area contributed by atoms with Crippen molar-refractivity contribution in [3.63, 3.8) is 0 Å². The summed E-state index contributed by atoms with van der Waals surface area (Å²) in [5.74, 6) is -0.764. The number of carbonyl (C=O) groups excluding carboxylic acids is 1. The number of carbonyl (C=O) groups is 1. The smallest absolute Gasteiger partial charge is 0.261 e. The van der Waals surface area contributed by atoms with Crippen LogP contribution in [0.1, 0.15) is 21.5 Å². The Morgan fingerprint density at radius 3 is 2.37 bits per heavy atom. The molecular formula is C11H12ClF2NO3S. The SMILES string of the molecule is Cc1cc(C)c(S(=O)(=O)Cl)cc1C(=O)NCC(F)F. The highest BCUT2D eigenvalue weighted by molar-refractivity contribution is 8.13. The van der Waals surface area contributed by atoms with E-state index >= 15 is 0 Å². The number of alkyl halides is 2. The van der Waals surface area contributed by atoms with E-state index in [0.717, 1.165) is 6.07 Å². The highest BCUT2D eigenvalue weighted by atomic mass is 35.7. The predicted molar refractivity (Wildman–Crippen MR) is 67.3 cm³/mol. The number of hydrogen-bond acceptors (Lipinski definition) is 3. The molecule has 1 rings (SSSR count).